The Kier molecular flexibility index (Phi) is 5.13. The average molecular weight is 545 g/mol. The van der Waals surface area contributed by atoms with Gasteiger partial charge in [-0.25, -0.2) is 29.9 Å². The second-order valence-corrected chi connectivity index (χ2v) is 9.79. The summed E-state index contributed by atoms with van der Waals surface area (Å²) in [5.41, 5.74) is 6.45. The molecule has 2 N–H and O–H groups in total. The number of nitrogens with one attached hydrogen (secondary N) is 2. The number of rotatable bonds is 0. The standard InChI is InChI=1S/C32H18N8.Al.3H/c1-2-10-18-17(9-1)25-33-26(18)38-28-21-13-5-6-14-22(21)30(35-28)40-32-24-16-8-7-15-23(24)31(36-32)39-29-20-12-4-3-11-19(20)27(34-29)37-25;;;;/h1-16H,(H2,33,34,35,36,37,38,39,40);;;;. The second kappa shape index (κ2) is 8.90. The zero-order chi connectivity index (χ0) is 26.2. The summed E-state index contributed by atoms with van der Waals surface area (Å²) in [5.74, 6) is 2.39. The van der Waals surface area contributed by atoms with Crippen molar-refractivity contribution in [2.45, 2.75) is 0 Å². The van der Waals surface area contributed by atoms with Gasteiger partial charge in [-0.1, -0.05) is 97.1 Å². The summed E-state index contributed by atoms with van der Waals surface area (Å²) >= 11 is 0. The first kappa shape index (κ1) is 23.6. The third-order valence-corrected chi connectivity index (χ3v) is 7.46. The van der Waals surface area contributed by atoms with Crippen molar-refractivity contribution in [3.63, 3.8) is 0 Å². The third kappa shape index (κ3) is 3.54. The zero-order valence-corrected chi connectivity index (χ0v) is 20.9. The summed E-state index contributed by atoms with van der Waals surface area (Å²) in [6, 6.07) is 32.2. The van der Waals surface area contributed by atoms with Crippen LogP contribution < -0.4 is 0 Å². The molecule has 5 heterocycles. The molecule has 3 aromatic heterocycles. The molecule has 2 aliphatic rings. The summed E-state index contributed by atoms with van der Waals surface area (Å²) < 4.78 is 0. The smallest absolute Gasteiger partial charge is 0.187 e. The number of nitrogens with zero attached hydrogens (tertiary/aromatic N) is 6. The Hall–Kier alpha value is -5.23. The van der Waals surface area contributed by atoms with Crippen LogP contribution in [0.4, 0.5) is 0 Å². The second-order valence-electron chi connectivity index (χ2n) is 9.79. The highest BCUT2D eigenvalue weighted by molar-refractivity contribution is 6.06. The quantitative estimate of drug-likeness (QED) is 0.238. The molecule has 0 aliphatic carbocycles. The Labute approximate surface area is 243 Å². The van der Waals surface area contributed by atoms with E-state index in [2.05, 4.69) is 9.97 Å². The fraction of sp³-hybridized carbons (Fsp3) is 0. The highest BCUT2D eigenvalue weighted by Gasteiger charge is 2.21. The van der Waals surface area contributed by atoms with Crippen molar-refractivity contribution >= 4 is 61.5 Å². The largest absolute Gasteiger partial charge is 0.324 e. The van der Waals surface area contributed by atoms with E-state index in [9.17, 15) is 0 Å². The van der Waals surface area contributed by atoms with E-state index in [0.29, 0.717) is 45.9 Å². The molecule has 7 aromatic rings. The SMILES string of the molecule is [AlH3].c1ccc2c(c1)-c1nc-2nc2[nH]c(nc3nc(nc4[nH]c(n1)c1ccccc41)-c1ccccc1-3)c1ccccc21. The van der Waals surface area contributed by atoms with E-state index < -0.39 is 0 Å². The highest BCUT2D eigenvalue weighted by Crippen LogP contribution is 2.36. The number of aromatic nitrogens is 8. The minimum absolute atomic E-state index is 0. The number of hydrogen-bond donors (Lipinski definition) is 2. The van der Waals surface area contributed by atoms with Crippen LogP contribution in [0.3, 0.4) is 0 Å². The van der Waals surface area contributed by atoms with Crippen LogP contribution in [0.1, 0.15) is 0 Å². The van der Waals surface area contributed by atoms with E-state index in [1.807, 2.05) is 97.1 Å². The third-order valence-electron chi connectivity index (χ3n) is 7.46. The molecule has 9 rings (SSSR count). The van der Waals surface area contributed by atoms with Crippen molar-refractivity contribution in [1.29, 1.82) is 0 Å². The summed E-state index contributed by atoms with van der Waals surface area (Å²) in [4.78, 5) is 36.8. The van der Waals surface area contributed by atoms with Crippen LogP contribution in [0, 0.1) is 0 Å². The van der Waals surface area contributed by atoms with Crippen LogP contribution in [0.25, 0.3) is 89.7 Å². The lowest BCUT2D eigenvalue weighted by atomic mass is 10.1. The molecule has 9 heteroatoms. The average Bonchev–Trinajstić information content (AvgIpc) is 3.73. The molecule has 0 unspecified atom stereocenters. The monoisotopic (exact) mass is 544 g/mol. The van der Waals surface area contributed by atoms with Gasteiger partial charge in [-0.05, 0) is 0 Å². The maximum absolute atomic E-state index is 5.02. The number of hydrogen-bond acceptors (Lipinski definition) is 6. The first-order valence-corrected chi connectivity index (χ1v) is 13.0. The van der Waals surface area contributed by atoms with Crippen LogP contribution in [0.5, 0.6) is 0 Å². The Morgan fingerprint density at radius 1 is 0.317 bits per heavy atom. The lowest BCUT2D eigenvalue weighted by Gasteiger charge is -1.96. The van der Waals surface area contributed by atoms with Gasteiger partial charge in [-0.15, -0.1) is 0 Å². The van der Waals surface area contributed by atoms with Gasteiger partial charge >= 0.3 is 0 Å². The van der Waals surface area contributed by atoms with Gasteiger partial charge in [0.05, 0.1) is 0 Å². The van der Waals surface area contributed by atoms with Gasteiger partial charge in [0.25, 0.3) is 0 Å². The maximum Gasteiger partial charge on any atom is 0.187 e. The minimum atomic E-state index is 0. The number of H-pyrrole nitrogens is 2. The van der Waals surface area contributed by atoms with Gasteiger partial charge in [-0.2, -0.15) is 0 Å². The van der Waals surface area contributed by atoms with Crippen LogP contribution in [-0.4, -0.2) is 57.2 Å². The van der Waals surface area contributed by atoms with Gasteiger partial charge in [0, 0.05) is 43.8 Å². The van der Waals surface area contributed by atoms with Crippen LogP contribution in [0.15, 0.2) is 97.1 Å². The van der Waals surface area contributed by atoms with Crippen LogP contribution in [0.2, 0.25) is 0 Å². The van der Waals surface area contributed by atoms with Gasteiger partial charge in [-0.3, -0.25) is 0 Å². The molecule has 0 atom stereocenters. The first-order chi connectivity index (χ1) is 19.8. The predicted octanol–water partition coefficient (Wildman–Crippen LogP) is 5.69. The molecule has 0 saturated heterocycles. The Morgan fingerprint density at radius 2 is 0.561 bits per heavy atom. The van der Waals surface area contributed by atoms with Gasteiger partial charge in [0.1, 0.15) is 22.6 Å². The lowest BCUT2D eigenvalue weighted by molar-refractivity contribution is 1.19. The molecule has 0 saturated carbocycles. The first-order valence-electron chi connectivity index (χ1n) is 13.0. The van der Waals surface area contributed by atoms with E-state index in [4.69, 9.17) is 29.9 Å². The zero-order valence-electron chi connectivity index (χ0n) is 20.9. The molecule has 8 nitrogen and oxygen atoms in total. The molecule has 0 spiro atoms. The van der Waals surface area contributed by atoms with Crippen molar-refractivity contribution in [3.8, 4) is 45.6 Å². The fourth-order valence-electron chi connectivity index (χ4n) is 5.59. The maximum atomic E-state index is 5.02. The van der Waals surface area contributed by atoms with Crippen molar-refractivity contribution in [3.05, 3.63) is 97.1 Å². The van der Waals surface area contributed by atoms with Crippen LogP contribution in [-0.2, 0) is 0 Å². The molecule has 0 radical (unpaired) electrons. The van der Waals surface area contributed by atoms with Crippen molar-refractivity contribution < 1.29 is 0 Å². The Bertz CT molecular complexity index is 2030. The van der Waals surface area contributed by atoms with E-state index in [-0.39, 0.29) is 17.4 Å². The van der Waals surface area contributed by atoms with Gasteiger partial charge in [0.15, 0.2) is 40.7 Å². The van der Waals surface area contributed by atoms with E-state index in [1.165, 1.54) is 0 Å². The van der Waals surface area contributed by atoms with E-state index >= 15 is 0 Å². The molecule has 2 aliphatic heterocycles. The summed E-state index contributed by atoms with van der Waals surface area (Å²) in [6.45, 7) is 0. The summed E-state index contributed by atoms with van der Waals surface area (Å²) in [7, 11) is 0. The molecular formula is C32H21AlN8. The number of fused-ring (bicyclic) bond motifs is 20. The number of benzene rings is 4. The molecular weight excluding hydrogens is 523 g/mol. The Morgan fingerprint density at radius 3 is 0.829 bits per heavy atom. The lowest BCUT2D eigenvalue weighted by Crippen LogP contribution is -1.82. The van der Waals surface area contributed by atoms with Gasteiger partial charge in [0.2, 0.25) is 0 Å². The molecule has 41 heavy (non-hydrogen) atoms. The van der Waals surface area contributed by atoms with Crippen molar-refractivity contribution in [1.82, 2.24) is 39.9 Å². The van der Waals surface area contributed by atoms with Crippen molar-refractivity contribution in [2.75, 3.05) is 0 Å². The molecule has 8 bridgehead atoms. The van der Waals surface area contributed by atoms with Crippen molar-refractivity contribution in [2.24, 2.45) is 0 Å². The minimum Gasteiger partial charge on any atom is -0.324 e. The van der Waals surface area contributed by atoms with E-state index in [0.717, 1.165) is 43.8 Å². The Balaban J connectivity index is 0.00000256. The molecule has 192 valence electrons. The van der Waals surface area contributed by atoms with E-state index in [1.54, 1.807) is 0 Å². The molecule has 0 fully saturated rings. The number of aromatic amines is 2. The normalized spacial score (nSPS) is 11.7. The summed E-state index contributed by atoms with van der Waals surface area (Å²) in [6.07, 6.45) is 0. The molecule has 4 aromatic carbocycles. The van der Waals surface area contributed by atoms with Gasteiger partial charge < -0.3 is 9.97 Å². The van der Waals surface area contributed by atoms with Crippen LogP contribution >= 0.6 is 0 Å². The summed E-state index contributed by atoms with van der Waals surface area (Å²) in [5, 5.41) is 3.82. The highest BCUT2D eigenvalue weighted by atomic mass is 27.0. The molecule has 0 amide bonds. The predicted molar refractivity (Wildman–Crippen MR) is 166 cm³/mol. The topological polar surface area (TPSA) is 109 Å². The fourth-order valence-corrected chi connectivity index (χ4v) is 5.59.